The number of carbonyl (C=O) groups excluding carboxylic acids is 1. The van der Waals surface area contributed by atoms with Gasteiger partial charge in [0.05, 0.1) is 17.1 Å². The van der Waals surface area contributed by atoms with Gasteiger partial charge in [0.1, 0.15) is 5.01 Å². The molecule has 23 heavy (non-hydrogen) atoms. The van der Waals surface area contributed by atoms with Gasteiger partial charge in [-0.05, 0) is 12.1 Å². The van der Waals surface area contributed by atoms with Crippen LogP contribution in [0.5, 0.6) is 0 Å². The molecule has 3 N–H and O–H groups in total. The second-order valence-electron chi connectivity index (χ2n) is 4.93. The Hall–Kier alpha value is -2.25. The highest BCUT2D eigenvalue weighted by atomic mass is 32.1. The third kappa shape index (κ3) is 4.14. The summed E-state index contributed by atoms with van der Waals surface area (Å²) in [6, 6.07) is 7.61. The summed E-state index contributed by atoms with van der Waals surface area (Å²) < 4.78 is 0. The number of aromatic nitrogens is 2. The molecule has 2 heterocycles. The van der Waals surface area contributed by atoms with E-state index in [0.717, 1.165) is 27.7 Å². The Labute approximate surface area is 142 Å². The van der Waals surface area contributed by atoms with Gasteiger partial charge in [-0.3, -0.25) is 4.79 Å². The second-order valence-corrected chi connectivity index (χ2v) is 6.77. The first-order chi connectivity index (χ1) is 11.2. The molecule has 3 aromatic rings. The molecule has 3 rings (SSSR count). The number of rotatable bonds is 6. The van der Waals surface area contributed by atoms with Crippen molar-refractivity contribution in [3.8, 4) is 10.6 Å². The van der Waals surface area contributed by atoms with Crippen LogP contribution in [0.25, 0.3) is 10.6 Å². The van der Waals surface area contributed by atoms with E-state index >= 15 is 0 Å². The van der Waals surface area contributed by atoms with Crippen LogP contribution in [0.2, 0.25) is 0 Å². The predicted octanol–water partition coefficient (Wildman–Crippen LogP) is 2.75. The molecule has 1 aromatic carbocycles. The molecular formula is C16H16N4OS2. The first kappa shape index (κ1) is 15.6. The van der Waals surface area contributed by atoms with Gasteiger partial charge in [-0.2, -0.15) is 0 Å². The van der Waals surface area contributed by atoms with Gasteiger partial charge in [-0.25, -0.2) is 9.97 Å². The van der Waals surface area contributed by atoms with Crippen molar-refractivity contribution < 1.29 is 4.79 Å². The van der Waals surface area contributed by atoms with Gasteiger partial charge in [-0.15, -0.1) is 22.7 Å². The summed E-state index contributed by atoms with van der Waals surface area (Å²) in [7, 11) is 0. The Morgan fingerprint density at radius 1 is 1.26 bits per heavy atom. The van der Waals surface area contributed by atoms with Gasteiger partial charge < -0.3 is 11.1 Å². The zero-order valence-corrected chi connectivity index (χ0v) is 14.0. The summed E-state index contributed by atoms with van der Waals surface area (Å²) in [4.78, 5) is 20.7. The highest BCUT2D eigenvalue weighted by molar-refractivity contribution is 7.13. The Kier molecular flexibility index (Phi) is 4.99. The number of thiazole rings is 2. The van der Waals surface area contributed by atoms with Gasteiger partial charge >= 0.3 is 0 Å². The molecule has 0 bridgehead atoms. The van der Waals surface area contributed by atoms with Gasteiger partial charge in [0, 0.05) is 41.2 Å². The summed E-state index contributed by atoms with van der Waals surface area (Å²) in [6.45, 7) is 0.592. The minimum atomic E-state index is -0.0283. The first-order valence-electron chi connectivity index (χ1n) is 7.17. The average molecular weight is 344 g/mol. The van der Waals surface area contributed by atoms with Crippen molar-refractivity contribution in [1.82, 2.24) is 15.3 Å². The van der Waals surface area contributed by atoms with Crippen molar-refractivity contribution in [3.05, 3.63) is 51.9 Å². The maximum atomic E-state index is 12.0. The Bertz CT molecular complexity index is 783. The van der Waals surface area contributed by atoms with Crippen LogP contribution in [0.3, 0.4) is 0 Å². The molecule has 0 radical (unpaired) electrons. The van der Waals surface area contributed by atoms with Gasteiger partial charge in [-0.1, -0.05) is 12.1 Å². The van der Waals surface area contributed by atoms with E-state index in [4.69, 9.17) is 5.73 Å². The molecule has 0 fully saturated rings. The monoisotopic (exact) mass is 344 g/mol. The van der Waals surface area contributed by atoms with Crippen LogP contribution in [0.1, 0.15) is 10.7 Å². The second kappa shape index (κ2) is 7.34. The fourth-order valence-corrected chi connectivity index (χ4v) is 3.60. The summed E-state index contributed by atoms with van der Waals surface area (Å²) in [6.07, 6.45) is 2.81. The Morgan fingerprint density at radius 2 is 2.13 bits per heavy atom. The average Bonchev–Trinajstić information content (AvgIpc) is 3.20. The quantitative estimate of drug-likeness (QED) is 0.674. The summed E-state index contributed by atoms with van der Waals surface area (Å²) in [5.74, 6) is -0.0283. The maximum absolute atomic E-state index is 12.0. The lowest BCUT2D eigenvalue weighted by molar-refractivity contribution is -0.120. The number of anilines is 1. The number of nitrogens with one attached hydrogen (secondary N) is 1. The third-order valence-corrected chi connectivity index (χ3v) is 4.99. The number of nitrogen functional groups attached to an aromatic ring is 1. The number of hydrogen-bond donors (Lipinski definition) is 2. The van der Waals surface area contributed by atoms with Crippen molar-refractivity contribution >= 4 is 34.3 Å². The van der Waals surface area contributed by atoms with E-state index in [9.17, 15) is 4.79 Å². The molecule has 2 aromatic heterocycles. The molecule has 0 atom stereocenters. The predicted molar refractivity (Wildman–Crippen MR) is 94.5 cm³/mol. The maximum Gasteiger partial charge on any atom is 0.226 e. The number of nitrogens with zero attached hydrogens (tertiary/aromatic N) is 2. The van der Waals surface area contributed by atoms with Crippen molar-refractivity contribution in [3.63, 3.8) is 0 Å². The van der Waals surface area contributed by atoms with E-state index in [2.05, 4.69) is 15.3 Å². The molecule has 7 heteroatoms. The van der Waals surface area contributed by atoms with Crippen molar-refractivity contribution in [2.45, 2.75) is 12.8 Å². The van der Waals surface area contributed by atoms with Gasteiger partial charge in [0.2, 0.25) is 5.91 Å². The zero-order valence-electron chi connectivity index (χ0n) is 12.4. The highest BCUT2D eigenvalue weighted by Gasteiger charge is 2.10. The number of carbonyl (C=O) groups is 1. The van der Waals surface area contributed by atoms with E-state index in [1.54, 1.807) is 17.5 Å². The fourth-order valence-electron chi connectivity index (χ4n) is 2.12. The normalized spacial score (nSPS) is 10.6. The van der Waals surface area contributed by atoms with Crippen molar-refractivity contribution in [2.24, 2.45) is 0 Å². The molecule has 5 nitrogen and oxygen atoms in total. The number of hydrogen-bond acceptors (Lipinski definition) is 6. The molecular weight excluding hydrogens is 328 g/mol. The summed E-state index contributed by atoms with van der Waals surface area (Å²) in [5, 5.41) is 8.61. The van der Waals surface area contributed by atoms with E-state index in [-0.39, 0.29) is 12.3 Å². The Balaban J connectivity index is 1.54. The van der Waals surface area contributed by atoms with E-state index in [1.165, 1.54) is 11.3 Å². The third-order valence-electron chi connectivity index (χ3n) is 3.23. The topological polar surface area (TPSA) is 80.9 Å². The van der Waals surface area contributed by atoms with E-state index in [1.807, 2.05) is 35.0 Å². The smallest absolute Gasteiger partial charge is 0.226 e. The minimum Gasteiger partial charge on any atom is -0.398 e. The fraction of sp³-hybridized carbons (Fsp3) is 0.188. The van der Waals surface area contributed by atoms with E-state index < -0.39 is 0 Å². The van der Waals surface area contributed by atoms with Crippen LogP contribution in [0.4, 0.5) is 5.69 Å². The largest absolute Gasteiger partial charge is 0.398 e. The summed E-state index contributed by atoms with van der Waals surface area (Å²) in [5.41, 5.74) is 8.33. The minimum absolute atomic E-state index is 0.0283. The van der Waals surface area contributed by atoms with Crippen LogP contribution in [-0.2, 0) is 17.6 Å². The number of nitrogens with two attached hydrogens (primary N) is 1. The SMILES string of the molecule is Nc1ccccc1-c1nc(CC(=O)NCCc2nccs2)cs1. The van der Waals surface area contributed by atoms with E-state index in [0.29, 0.717) is 12.2 Å². The van der Waals surface area contributed by atoms with Crippen LogP contribution in [0, 0.1) is 0 Å². The molecule has 118 valence electrons. The molecule has 0 saturated carbocycles. The molecule has 0 aliphatic carbocycles. The molecule has 0 spiro atoms. The lowest BCUT2D eigenvalue weighted by Crippen LogP contribution is -2.27. The Morgan fingerprint density at radius 3 is 2.91 bits per heavy atom. The summed E-state index contributed by atoms with van der Waals surface area (Å²) >= 11 is 3.10. The van der Waals surface area contributed by atoms with Crippen molar-refractivity contribution in [2.75, 3.05) is 12.3 Å². The molecule has 0 aliphatic rings. The van der Waals surface area contributed by atoms with Crippen LogP contribution >= 0.6 is 22.7 Å². The number of para-hydroxylation sites is 1. The standard InChI is InChI=1S/C16H16N4OS2/c17-13-4-2-1-3-12(13)16-20-11(10-23-16)9-14(21)18-6-5-15-19-7-8-22-15/h1-4,7-8,10H,5-6,9,17H2,(H,18,21). The van der Waals surface area contributed by atoms with Gasteiger partial charge in [0.25, 0.3) is 0 Å². The molecule has 0 unspecified atom stereocenters. The zero-order chi connectivity index (χ0) is 16.1. The van der Waals surface area contributed by atoms with Crippen molar-refractivity contribution in [1.29, 1.82) is 0 Å². The molecule has 0 aliphatic heterocycles. The highest BCUT2D eigenvalue weighted by Crippen LogP contribution is 2.28. The number of benzene rings is 1. The molecule has 0 saturated heterocycles. The lowest BCUT2D eigenvalue weighted by Gasteiger charge is -2.02. The van der Waals surface area contributed by atoms with Crippen LogP contribution in [-0.4, -0.2) is 22.4 Å². The lowest BCUT2D eigenvalue weighted by atomic mass is 10.2. The number of amides is 1. The van der Waals surface area contributed by atoms with Gasteiger partial charge in [0.15, 0.2) is 0 Å². The molecule has 1 amide bonds. The van der Waals surface area contributed by atoms with Crippen LogP contribution in [0.15, 0.2) is 41.2 Å². The van der Waals surface area contributed by atoms with Crippen LogP contribution < -0.4 is 11.1 Å². The first-order valence-corrected chi connectivity index (χ1v) is 8.92.